The summed E-state index contributed by atoms with van der Waals surface area (Å²) in [5, 5.41) is 9.48. The van der Waals surface area contributed by atoms with Crippen molar-refractivity contribution in [1.29, 1.82) is 0 Å². The molecule has 0 aliphatic carbocycles. The number of amides is 1. The molecule has 0 fully saturated rings. The number of nitrogens with one attached hydrogen (secondary N) is 2. The molecule has 0 spiro atoms. The topological polar surface area (TPSA) is 84.1 Å². The molecule has 1 aromatic heterocycles. The second-order valence-electron chi connectivity index (χ2n) is 6.50. The molecule has 1 amide bonds. The van der Waals surface area contributed by atoms with Crippen LogP contribution in [0.25, 0.3) is 11.3 Å². The van der Waals surface area contributed by atoms with Gasteiger partial charge in [-0.15, -0.1) is 0 Å². The molecular weight excluding hydrogens is 441 g/mol. The summed E-state index contributed by atoms with van der Waals surface area (Å²) in [4.78, 5) is 24.7. The first-order chi connectivity index (χ1) is 13.8. The van der Waals surface area contributed by atoms with Crippen LogP contribution < -0.4 is 5.32 Å². The minimum Gasteiger partial charge on any atom is -0.448 e. The molecule has 0 saturated heterocycles. The Bertz CT molecular complexity index is 1000. The van der Waals surface area contributed by atoms with Crippen LogP contribution in [0, 0.1) is 5.82 Å². The fourth-order valence-electron chi connectivity index (χ4n) is 2.64. The molecule has 1 heterocycles. The average Bonchev–Trinajstić information content (AvgIpc) is 3.19. The number of H-pyrrole nitrogens is 1. The highest BCUT2D eigenvalue weighted by atomic mass is 79.9. The molecule has 0 aliphatic rings. The second-order valence-corrected chi connectivity index (χ2v) is 7.42. The molecule has 3 aromatic rings. The van der Waals surface area contributed by atoms with Crippen molar-refractivity contribution < 1.29 is 18.7 Å². The highest BCUT2D eigenvalue weighted by Gasteiger charge is 2.22. The first-order valence-electron chi connectivity index (χ1n) is 8.91. The van der Waals surface area contributed by atoms with Crippen LogP contribution in [0.1, 0.15) is 35.9 Å². The fourth-order valence-corrected chi connectivity index (χ4v) is 2.90. The Morgan fingerprint density at radius 1 is 1.10 bits per heavy atom. The quantitative estimate of drug-likeness (QED) is 0.535. The van der Waals surface area contributed by atoms with E-state index in [2.05, 4.69) is 31.4 Å². The standard InChI is InChI=1S/C21H19BrFN3O3/c1-12(14-5-9-17(23)10-6-14)24-20(27)13(2)29-21(28)19-11-18(25-26-19)15-3-7-16(22)8-4-15/h3-13H,1-2H3,(H,24,27)(H,25,26). The Kier molecular flexibility index (Phi) is 6.43. The van der Waals surface area contributed by atoms with Gasteiger partial charge in [0.1, 0.15) is 11.5 Å². The Morgan fingerprint density at radius 2 is 1.76 bits per heavy atom. The number of carbonyl (C=O) groups is 2. The molecule has 0 aliphatic heterocycles. The summed E-state index contributed by atoms with van der Waals surface area (Å²) < 4.78 is 19.2. The van der Waals surface area contributed by atoms with E-state index >= 15 is 0 Å². The van der Waals surface area contributed by atoms with Crippen LogP contribution in [-0.4, -0.2) is 28.2 Å². The van der Waals surface area contributed by atoms with Gasteiger partial charge in [-0.2, -0.15) is 5.10 Å². The summed E-state index contributed by atoms with van der Waals surface area (Å²) >= 11 is 3.37. The molecule has 2 atom stereocenters. The maximum atomic E-state index is 13.0. The van der Waals surface area contributed by atoms with Gasteiger partial charge < -0.3 is 10.1 Å². The number of esters is 1. The van der Waals surface area contributed by atoms with Crippen LogP contribution in [0.2, 0.25) is 0 Å². The number of rotatable bonds is 6. The molecule has 3 rings (SSSR count). The number of ether oxygens (including phenoxy) is 1. The van der Waals surface area contributed by atoms with Crippen LogP contribution in [-0.2, 0) is 9.53 Å². The van der Waals surface area contributed by atoms with Crippen molar-refractivity contribution in [3.8, 4) is 11.3 Å². The lowest BCUT2D eigenvalue weighted by molar-refractivity contribution is -0.129. The van der Waals surface area contributed by atoms with Crippen molar-refractivity contribution in [2.45, 2.75) is 26.0 Å². The summed E-state index contributed by atoms with van der Waals surface area (Å²) in [6, 6.07) is 14.5. The lowest BCUT2D eigenvalue weighted by Crippen LogP contribution is -2.37. The maximum Gasteiger partial charge on any atom is 0.357 e. The van der Waals surface area contributed by atoms with E-state index in [0.29, 0.717) is 5.69 Å². The first-order valence-corrected chi connectivity index (χ1v) is 9.71. The van der Waals surface area contributed by atoms with Crippen LogP contribution in [0.4, 0.5) is 4.39 Å². The van der Waals surface area contributed by atoms with Gasteiger partial charge in [-0.25, -0.2) is 9.18 Å². The highest BCUT2D eigenvalue weighted by Crippen LogP contribution is 2.21. The predicted molar refractivity (Wildman–Crippen MR) is 110 cm³/mol. The number of hydrogen-bond acceptors (Lipinski definition) is 4. The monoisotopic (exact) mass is 459 g/mol. The van der Waals surface area contributed by atoms with Gasteiger partial charge in [0, 0.05) is 10.0 Å². The number of halogens is 2. The van der Waals surface area contributed by atoms with Crippen molar-refractivity contribution >= 4 is 27.8 Å². The summed E-state index contributed by atoms with van der Waals surface area (Å²) in [5.74, 6) is -1.49. The van der Waals surface area contributed by atoms with Crippen molar-refractivity contribution in [2.24, 2.45) is 0 Å². The second kappa shape index (κ2) is 9.00. The summed E-state index contributed by atoms with van der Waals surface area (Å²) in [6.45, 7) is 3.25. The van der Waals surface area contributed by atoms with Crippen molar-refractivity contribution in [2.75, 3.05) is 0 Å². The van der Waals surface area contributed by atoms with E-state index in [1.54, 1.807) is 25.1 Å². The fraction of sp³-hybridized carbons (Fsp3) is 0.190. The van der Waals surface area contributed by atoms with E-state index in [0.717, 1.165) is 15.6 Å². The number of aromatic amines is 1. The third-order valence-electron chi connectivity index (χ3n) is 4.32. The molecule has 0 radical (unpaired) electrons. The van der Waals surface area contributed by atoms with Gasteiger partial charge in [-0.05, 0) is 49.7 Å². The Hall–Kier alpha value is -3.00. The summed E-state index contributed by atoms with van der Waals surface area (Å²) in [7, 11) is 0. The smallest absolute Gasteiger partial charge is 0.357 e. The van der Waals surface area contributed by atoms with Crippen LogP contribution in [0.3, 0.4) is 0 Å². The Labute approximate surface area is 175 Å². The zero-order valence-electron chi connectivity index (χ0n) is 15.8. The van der Waals surface area contributed by atoms with Crippen molar-refractivity contribution in [3.63, 3.8) is 0 Å². The van der Waals surface area contributed by atoms with Crippen LogP contribution in [0.5, 0.6) is 0 Å². The molecule has 2 aromatic carbocycles. The Balaban J connectivity index is 1.59. The molecular formula is C21H19BrFN3O3. The maximum absolute atomic E-state index is 13.0. The minimum absolute atomic E-state index is 0.147. The Morgan fingerprint density at radius 3 is 2.41 bits per heavy atom. The molecule has 29 heavy (non-hydrogen) atoms. The molecule has 6 nitrogen and oxygen atoms in total. The molecule has 2 unspecified atom stereocenters. The SMILES string of the molecule is CC(OC(=O)c1cc(-c2ccc(Br)cc2)n[nH]1)C(=O)NC(C)c1ccc(F)cc1. The number of benzene rings is 2. The number of nitrogens with zero attached hydrogens (tertiary/aromatic N) is 1. The normalized spacial score (nSPS) is 12.8. The zero-order valence-corrected chi connectivity index (χ0v) is 17.4. The molecule has 0 bridgehead atoms. The zero-order chi connectivity index (χ0) is 21.0. The van der Waals surface area contributed by atoms with E-state index < -0.39 is 18.0 Å². The average molecular weight is 460 g/mol. The number of hydrogen-bond donors (Lipinski definition) is 2. The van der Waals surface area contributed by atoms with E-state index in [9.17, 15) is 14.0 Å². The first kappa shape index (κ1) is 20.7. The summed E-state index contributed by atoms with van der Waals surface area (Å²) in [5.41, 5.74) is 2.31. The lowest BCUT2D eigenvalue weighted by Gasteiger charge is -2.18. The largest absolute Gasteiger partial charge is 0.448 e. The van der Waals surface area contributed by atoms with Gasteiger partial charge >= 0.3 is 5.97 Å². The van der Waals surface area contributed by atoms with Crippen LogP contribution >= 0.6 is 15.9 Å². The van der Waals surface area contributed by atoms with E-state index in [-0.39, 0.29) is 17.6 Å². The third-order valence-corrected chi connectivity index (χ3v) is 4.85. The number of aromatic nitrogens is 2. The van der Waals surface area contributed by atoms with Crippen molar-refractivity contribution in [1.82, 2.24) is 15.5 Å². The van der Waals surface area contributed by atoms with Gasteiger partial charge in [0.05, 0.1) is 11.7 Å². The highest BCUT2D eigenvalue weighted by molar-refractivity contribution is 9.10. The van der Waals surface area contributed by atoms with E-state index in [1.807, 2.05) is 24.3 Å². The van der Waals surface area contributed by atoms with Gasteiger partial charge in [0.25, 0.3) is 5.91 Å². The lowest BCUT2D eigenvalue weighted by atomic mass is 10.1. The van der Waals surface area contributed by atoms with E-state index in [1.165, 1.54) is 19.1 Å². The van der Waals surface area contributed by atoms with Gasteiger partial charge in [0.15, 0.2) is 6.10 Å². The molecule has 8 heteroatoms. The number of carbonyl (C=O) groups excluding carboxylic acids is 2. The van der Waals surface area contributed by atoms with Gasteiger partial charge in [-0.3, -0.25) is 9.89 Å². The third kappa shape index (κ3) is 5.29. The molecule has 2 N–H and O–H groups in total. The predicted octanol–water partition coefficient (Wildman–Crippen LogP) is 4.40. The molecule has 150 valence electrons. The minimum atomic E-state index is -1.01. The summed E-state index contributed by atoms with van der Waals surface area (Å²) in [6.07, 6.45) is -1.01. The van der Waals surface area contributed by atoms with Gasteiger partial charge in [-0.1, -0.05) is 40.2 Å². The van der Waals surface area contributed by atoms with Gasteiger partial charge in [0.2, 0.25) is 0 Å². The van der Waals surface area contributed by atoms with Crippen molar-refractivity contribution in [3.05, 3.63) is 76.1 Å². The van der Waals surface area contributed by atoms with E-state index in [4.69, 9.17) is 4.74 Å². The van der Waals surface area contributed by atoms with Crippen LogP contribution in [0.15, 0.2) is 59.1 Å². The molecule has 0 saturated carbocycles.